The SMILES string of the molecule is CCc1nsc(Sc2nnc(COc3ccc(F)cc3)o2)n1. The zero-order valence-electron chi connectivity index (χ0n) is 11.5. The van der Waals surface area contributed by atoms with Crippen molar-refractivity contribution in [2.75, 3.05) is 0 Å². The maximum absolute atomic E-state index is 12.8. The summed E-state index contributed by atoms with van der Waals surface area (Å²) in [6.45, 7) is 2.11. The van der Waals surface area contributed by atoms with E-state index in [0.717, 1.165) is 16.6 Å². The Morgan fingerprint density at radius 3 is 2.82 bits per heavy atom. The maximum atomic E-state index is 12.8. The van der Waals surface area contributed by atoms with E-state index in [1.54, 1.807) is 0 Å². The van der Waals surface area contributed by atoms with Crippen LogP contribution in [0, 0.1) is 5.82 Å². The van der Waals surface area contributed by atoms with Crippen LogP contribution in [-0.2, 0) is 13.0 Å². The number of aromatic nitrogens is 4. The van der Waals surface area contributed by atoms with E-state index in [1.165, 1.54) is 47.6 Å². The first kappa shape index (κ1) is 14.9. The van der Waals surface area contributed by atoms with Gasteiger partial charge in [-0.3, -0.25) is 0 Å². The number of hydrogen-bond acceptors (Lipinski definition) is 8. The summed E-state index contributed by atoms with van der Waals surface area (Å²) in [5.41, 5.74) is 0. The van der Waals surface area contributed by atoms with E-state index in [-0.39, 0.29) is 12.4 Å². The molecule has 0 aliphatic heterocycles. The number of aryl methyl sites for hydroxylation is 1. The van der Waals surface area contributed by atoms with Gasteiger partial charge in [-0.15, -0.1) is 10.2 Å². The van der Waals surface area contributed by atoms with Crippen LogP contribution < -0.4 is 4.74 Å². The molecule has 0 saturated heterocycles. The van der Waals surface area contributed by atoms with Crippen LogP contribution in [0.15, 0.2) is 38.2 Å². The molecule has 22 heavy (non-hydrogen) atoms. The first-order valence-electron chi connectivity index (χ1n) is 6.44. The van der Waals surface area contributed by atoms with Crippen molar-refractivity contribution >= 4 is 23.3 Å². The zero-order chi connectivity index (χ0) is 15.4. The molecule has 1 aromatic carbocycles. The summed E-state index contributed by atoms with van der Waals surface area (Å²) in [5, 5.41) is 8.20. The lowest BCUT2D eigenvalue weighted by molar-refractivity contribution is 0.252. The van der Waals surface area contributed by atoms with Crippen molar-refractivity contribution in [3.8, 4) is 5.75 Å². The van der Waals surface area contributed by atoms with Crippen LogP contribution in [0.4, 0.5) is 4.39 Å². The fourth-order valence-electron chi connectivity index (χ4n) is 1.51. The summed E-state index contributed by atoms with van der Waals surface area (Å²) < 4.78 is 28.6. The highest BCUT2D eigenvalue weighted by molar-refractivity contribution is 8.00. The summed E-state index contributed by atoms with van der Waals surface area (Å²) in [5.74, 6) is 1.36. The Morgan fingerprint density at radius 2 is 2.09 bits per heavy atom. The van der Waals surface area contributed by atoms with Crippen molar-refractivity contribution in [3.05, 3.63) is 41.8 Å². The molecule has 6 nitrogen and oxygen atoms in total. The third-order valence-electron chi connectivity index (χ3n) is 2.56. The van der Waals surface area contributed by atoms with E-state index >= 15 is 0 Å². The van der Waals surface area contributed by atoms with Gasteiger partial charge in [0.05, 0.1) is 0 Å². The number of ether oxygens (including phenoxy) is 1. The van der Waals surface area contributed by atoms with E-state index < -0.39 is 0 Å². The summed E-state index contributed by atoms with van der Waals surface area (Å²) >= 11 is 2.56. The van der Waals surface area contributed by atoms with Crippen LogP contribution in [0.25, 0.3) is 0 Å². The predicted molar refractivity (Wildman–Crippen MR) is 78.4 cm³/mol. The molecule has 0 bridgehead atoms. The first-order chi connectivity index (χ1) is 10.7. The average molecular weight is 338 g/mol. The Hall–Kier alpha value is -2.00. The van der Waals surface area contributed by atoms with Gasteiger partial charge >= 0.3 is 0 Å². The van der Waals surface area contributed by atoms with Crippen molar-refractivity contribution in [1.29, 1.82) is 0 Å². The van der Waals surface area contributed by atoms with Gasteiger partial charge in [0.15, 0.2) is 10.9 Å². The van der Waals surface area contributed by atoms with Crippen molar-refractivity contribution in [1.82, 2.24) is 19.6 Å². The fraction of sp³-hybridized carbons (Fsp3) is 0.231. The normalized spacial score (nSPS) is 10.8. The van der Waals surface area contributed by atoms with E-state index in [9.17, 15) is 4.39 Å². The van der Waals surface area contributed by atoms with E-state index in [4.69, 9.17) is 9.15 Å². The van der Waals surface area contributed by atoms with Crippen LogP contribution in [0.3, 0.4) is 0 Å². The molecular formula is C13H11FN4O2S2. The molecule has 0 atom stereocenters. The monoisotopic (exact) mass is 338 g/mol. The van der Waals surface area contributed by atoms with Gasteiger partial charge in [-0.05, 0) is 35.8 Å². The largest absolute Gasteiger partial charge is 0.484 e. The quantitative estimate of drug-likeness (QED) is 0.682. The molecule has 3 rings (SSSR count). The summed E-state index contributed by atoms with van der Waals surface area (Å²) in [4.78, 5) is 4.31. The summed E-state index contributed by atoms with van der Waals surface area (Å²) in [6, 6.07) is 5.72. The number of benzene rings is 1. The van der Waals surface area contributed by atoms with Crippen molar-refractivity contribution < 1.29 is 13.5 Å². The number of halogens is 1. The molecule has 3 aromatic rings. The molecule has 0 aliphatic rings. The van der Waals surface area contributed by atoms with Crippen LogP contribution >= 0.6 is 23.3 Å². The molecule has 0 aliphatic carbocycles. The smallest absolute Gasteiger partial charge is 0.283 e. The van der Waals surface area contributed by atoms with Gasteiger partial charge in [-0.1, -0.05) is 6.92 Å². The highest BCUT2D eigenvalue weighted by Crippen LogP contribution is 2.28. The van der Waals surface area contributed by atoms with Crippen LogP contribution in [0.5, 0.6) is 5.75 Å². The lowest BCUT2D eigenvalue weighted by Gasteiger charge is -2.01. The molecule has 114 valence electrons. The molecule has 0 unspecified atom stereocenters. The van der Waals surface area contributed by atoms with Gasteiger partial charge in [-0.25, -0.2) is 9.37 Å². The fourth-order valence-corrected chi connectivity index (χ4v) is 3.01. The Kier molecular flexibility index (Phi) is 4.64. The van der Waals surface area contributed by atoms with Gasteiger partial charge in [0, 0.05) is 18.2 Å². The van der Waals surface area contributed by atoms with Gasteiger partial charge in [0.25, 0.3) is 11.1 Å². The Morgan fingerprint density at radius 1 is 1.27 bits per heavy atom. The lowest BCUT2D eigenvalue weighted by Crippen LogP contribution is -1.95. The molecule has 0 spiro atoms. The highest BCUT2D eigenvalue weighted by Gasteiger charge is 2.12. The molecule has 0 amide bonds. The van der Waals surface area contributed by atoms with Crippen molar-refractivity contribution in [2.45, 2.75) is 29.5 Å². The first-order valence-corrected chi connectivity index (χ1v) is 8.03. The molecule has 0 N–H and O–H groups in total. The van der Waals surface area contributed by atoms with Gasteiger partial charge in [-0.2, -0.15) is 4.37 Å². The minimum atomic E-state index is -0.313. The molecule has 0 radical (unpaired) electrons. The molecule has 2 heterocycles. The van der Waals surface area contributed by atoms with E-state index in [2.05, 4.69) is 19.6 Å². The topological polar surface area (TPSA) is 73.9 Å². The minimum absolute atomic E-state index is 0.121. The van der Waals surface area contributed by atoms with Gasteiger partial charge in [0.2, 0.25) is 0 Å². The maximum Gasteiger partial charge on any atom is 0.283 e. The second-order valence-electron chi connectivity index (χ2n) is 4.14. The molecule has 2 aromatic heterocycles. The third kappa shape index (κ3) is 3.80. The van der Waals surface area contributed by atoms with E-state index in [1.807, 2.05) is 6.92 Å². The van der Waals surface area contributed by atoms with E-state index in [0.29, 0.717) is 16.9 Å². The summed E-state index contributed by atoms with van der Waals surface area (Å²) in [7, 11) is 0. The highest BCUT2D eigenvalue weighted by atomic mass is 32.2. The zero-order valence-corrected chi connectivity index (χ0v) is 13.2. The number of nitrogens with zero attached hydrogens (tertiary/aromatic N) is 4. The van der Waals surface area contributed by atoms with Crippen LogP contribution in [0.1, 0.15) is 18.6 Å². The average Bonchev–Trinajstić information content (AvgIpc) is 3.16. The predicted octanol–water partition coefficient (Wildman–Crippen LogP) is 3.35. The molecule has 0 saturated carbocycles. The van der Waals surface area contributed by atoms with Crippen molar-refractivity contribution in [3.63, 3.8) is 0 Å². The van der Waals surface area contributed by atoms with Crippen molar-refractivity contribution in [2.24, 2.45) is 0 Å². The minimum Gasteiger partial charge on any atom is -0.484 e. The molecule has 9 heteroatoms. The van der Waals surface area contributed by atoms with Crippen LogP contribution in [-0.4, -0.2) is 19.6 Å². The van der Waals surface area contributed by atoms with Gasteiger partial charge < -0.3 is 9.15 Å². The standard InChI is InChI=1S/C13H11FN4O2S2/c1-2-10-15-13(22-18-10)21-12-17-16-11(20-12)7-19-9-5-3-8(14)4-6-9/h3-6H,2,7H2,1H3. The molecular weight excluding hydrogens is 327 g/mol. The van der Waals surface area contributed by atoms with Gasteiger partial charge in [0.1, 0.15) is 17.4 Å². The second kappa shape index (κ2) is 6.84. The summed E-state index contributed by atoms with van der Waals surface area (Å²) in [6.07, 6.45) is 0.789. The lowest BCUT2D eigenvalue weighted by atomic mass is 10.3. The Bertz CT molecular complexity index is 745. The Labute approximate surface area is 133 Å². The van der Waals surface area contributed by atoms with Crippen LogP contribution in [0.2, 0.25) is 0 Å². The third-order valence-corrected chi connectivity index (χ3v) is 4.19. The molecule has 0 fully saturated rings. The Balaban J connectivity index is 1.57. The number of rotatable bonds is 6. The number of hydrogen-bond donors (Lipinski definition) is 0. The second-order valence-corrected chi connectivity index (χ2v) is 6.09.